The Labute approximate surface area is 120 Å². The minimum absolute atomic E-state index is 0.197. The fraction of sp³-hybridized carbons (Fsp3) is 0.583. The summed E-state index contributed by atoms with van der Waals surface area (Å²) in [7, 11) is 3.62. The van der Waals surface area contributed by atoms with Crippen molar-refractivity contribution in [3.63, 3.8) is 0 Å². The van der Waals surface area contributed by atoms with Crippen molar-refractivity contribution in [2.75, 3.05) is 26.0 Å². The number of halogens is 3. The lowest BCUT2D eigenvalue weighted by molar-refractivity contribution is -0.384. The van der Waals surface area contributed by atoms with Crippen molar-refractivity contribution in [1.82, 2.24) is 9.88 Å². The molecule has 6 nitrogen and oxygen atoms in total. The van der Waals surface area contributed by atoms with Gasteiger partial charge in [-0.1, -0.05) is 0 Å². The molecule has 0 bridgehead atoms. The summed E-state index contributed by atoms with van der Waals surface area (Å²) in [6, 6.07) is 0.657. The third-order valence-corrected chi connectivity index (χ3v) is 3.29. The van der Waals surface area contributed by atoms with Gasteiger partial charge in [0.25, 0.3) is 0 Å². The second-order valence-corrected chi connectivity index (χ2v) is 5.40. The summed E-state index contributed by atoms with van der Waals surface area (Å²) in [6.45, 7) is 3.96. The van der Waals surface area contributed by atoms with Crippen LogP contribution in [-0.4, -0.2) is 41.0 Å². The number of nitrogens with one attached hydrogen (secondary N) is 1. The Morgan fingerprint density at radius 2 is 1.95 bits per heavy atom. The summed E-state index contributed by atoms with van der Waals surface area (Å²) in [5.41, 5.74) is -2.25. The Kier molecular flexibility index (Phi) is 4.77. The van der Waals surface area contributed by atoms with Crippen molar-refractivity contribution in [2.45, 2.75) is 25.6 Å². The van der Waals surface area contributed by atoms with Gasteiger partial charge in [-0.05, 0) is 34.0 Å². The first-order valence-electron chi connectivity index (χ1n) is 6.08. The lowest BCUT2D eigenvalue weighted by Gasteiger charge is -2.33. The molecule has 0 aromatic carbocycles. The smallest absolute Gasteiger partial charge is 0.378 e. The molecule has 0 amide bonds. The lowest BCUT2D eigenvalue weighted by Crippen LogP contribution is -2.44. The van der Waals surface area contributed by atoms with E-state index in [1.54, 1.807) is 0 Å². The summed E-state index contributed by atoms with van der Waals surface area (Å²) >= 11 is 0. The van der Waals surface area contributed by atoms with Crippen molar-refractivity contribution in [3.8, 4) is 0 Å². The van der Waals surface area contributed by atoms with Crippen molar-refractivity contribution in [1.29, 1.82) is 0 Å². The number of aromatic nitrogens is 1. The average Bonchev–Trinajstić information content (AvgIpc) is 2.34. The van der Waals surface area contributed by atoms with E-state index in [2.05, 4.69) is 10.3 Å². The number of likely N-dealkylation sites (N-methyl/N-ethyl adjacent to an activating group) is 1. The highest BCUT2D eigenvalue weighted by molar-refractivity contribution is 5.61. The number of hydrogen-bond acceptors (Lipinski definition) is 5. The van der Waals surface area contributed by atoms with E-state index in [-0.39, 0.29) is 12.2 Å². The van der Waals surface area contributed by atoms with Gasteiger partial charge in [0.2, 0.25) is 0 Å². The molecule has 0 fully saturated rings. The molecule has 0 saturated heterocycles. The molecule has 0 unspecified atom stereocenters. The zero-order chi connectivity index (χ0) is 16.4. The third kappa shape index (κ3) is 4.28. The largest absolute Gasteiger partial charge is 0.433 e. The molecule has 0 spiro atoms. The van der Waals surface area contributed by atoms with E-state index in [0.29, 0.717) is 12.3 Å². The SMILES string of the molecule is CN(C)C(C)(C)CNc1cc(C(F)(F)F)ncc1[N+](=O)[O-]. The van der Waals surface area contributed by atoms with Crippen LogP contribution in [0, 0.1) is 10.1 Å². The van der Waals surface area contributed by atoms with Crippen molar-refractivity contribution in [3.05, 3.63) is 28.1 Å². The molecule has 0 atom stereocenters. The Morgan fingerprint density at radius 3 is 2.38 bits per heavy atom. The maximum absolute atomic E-state index is 12.6. The van der Waals surface area contributed by atoms with Gasteiger partial charge in [-0.2, -0.15) is 13.2 Å². The van der Waals surface area contributed by atoms with Crippen LogP contribution >= 0.6 is 0 Å². The van der Waals surface area contributed by atoms with E-state index in [9.17, 15) is 23.3 Å². The second-order valence-electron chi connectivity index (χ2n) is 5.40. The number of nitrogens with zero attached hydrogens (tertiary/aromatic N) is 3. The molecule has 0 aliphatic carbocycles. The molecule has 21 heavy (non-hydrogen) atoms. The molecular weight excluding hydrogens is 289 g/mol. The summed E-state index contributed by atoms with van der Waals surface area (Å²) in [6.07, 6.45) is -4.03. The van der Waals surface area contributed by atoms with E-state index >= 15 is 0 Å². The molecule has 118 valence electrons. The molecule has 0 radical (unpaired) electrons. The summed E-state index contributed by atoms with van der Waals surface area (Å²) in [5, 5.41) is 13.6. The minimum atomic E-state index is -4.65. The van der Waals surface area contributed by atoms with Crippen molar-refractivity contribution in [2.24, 2.45) is 0 Å². The van der Waals surface area contributed by atoms with Gasteiger partial charge >= 0.3 is 11.9 Å². The van der Waals surface area contributed by atoms with E-state index in [1.807, 2.05) is 32.8 Å². The molecule has 0 saturated carbocycles. The highest BCUT2D eigenvalue weighted by Gasteiger charge is 2.34. The van der Waals surface area contributed by atoms with E-state index < -0.39 is 28.0 Å². The molecular formula is C12H17F3N4O2. The number of rotatable bonds is 5. The van der Waals surface area contributed by atoms with Crippen LogP contribution in [0.2, 0.25) is 0 Å². The van der Waals surface area contributed by atoms with Gasteiger partial charge in [-0.15, -0.1) is 0 Å². The quantitative estimate of drug-likeness (QED) is 0.669. The minimum Gasteiger partial charge on any atom is -0.378 e. The van der Waals surface area contributed by atoms with Crippen LogP contribution in [0.25, 0.3) is 0 Å². The zero-order valence-electron chi connectivity index (χ0n) is 12.2. The Bertz CT molecular complexity index is 530. The van der Waals surface area contributed by atoms with Gasteiger partial charge in [0.15, 0.2) is 0 Å². The van der Waals surface area contributed by atoms with Crippen LogP contribution < -0.4 is 5.32 Å². The molecule has 0 aliphatic heterocycles. The van der Waals surface area contributed by atoms with Gasteiger partial charge < -0.3 is 10.2 Å². The summed E-state index contributed by atoms with van der Waals surface area (Å²) < 4.78 is 37.9. The van der Waals surface area contributed by atoms with Crippen molar-refractivity contribution >= 4 is 11.4 Å². The average molecular weight is 306 g/mol. The molecule has 0 aliphatic rings. The lowest BCUT2D eigenvalue weighted by atomic mass is 10.0. The van der Waals surface area contributed by atoms with Crippen LogP contribution in [0.5, 0.6) is 0 Å². The third-order valence-electron chi connectivity index (χ3n) is 3.29. The summed E-state index contributed by atoms with van der Waals surface area (Å²) in [4.78, 5) is 15.1. The van der Waals surface area contributed by atoms with E-state index in [0.717, 1.165) is 0 Å². The van der Waals surface area contributed by atoms with E-state index in [4.69, 9.17) is 0 Å². The fourth-order valence-electron chi connectivity index (χ4n) is 1.36. The van der Waals surface area contributed by atoms with Crippen LogP contribution in [0.4, 0.5) is 24.5 Å². The van der Waals surface area contributed by atoms with E-state index in [1.165, 1.54) is 0 Å². The monoisotopic (exact) mass is 306 g/mol. The van der Waals surface area contributed by atoms with Gasteiger partial charge in [-0.3, -0.25) is 10.1 Å². The first-order chi connectivity index (χ1) is 9.45. The summed E-state index contributed by atoms with van der Waals surface area (Å²) in [5.74, 6) is 0. The number of pyridine rings is 1. The highest BCUT2D eigenvalue weighted by atomic mass is 19.4. The number of hydrogen-bond donors (Lipinski definition) is 1. The molecule has 9 heteroatoms. The van der Waals surface area contributed by atoms with Crippen molar-refractivity contribution < 1.29 is 18.1 Å². The molecule has 1 aromatic heterocycles. The predicted molar refractivity (Wildman–Crippen MR) is 72.1 cm³/mol. The first kappa shape index (κ1) is 17.2. The van der Waals surface area contributed by atoms with Crippen LogP contribution in [0.1, 0.15) is 19.5 Å². The molecule has 1 aromatic rings. The van der Waals surface area contributed by atoms with Crippen LogP contribution in [0.15, 0.2) is 12.3 Å². The molecule has 1 rings (SSSR count). The Balaban J connectivity index is 3.11. The zero-order valence-corrected chi connectivity index (χ0v) is 12.2. The van der Waals surface area contributed by atoms with Gasteiger partial charge in [0.05, 0.1) is 4.92 Å². The standard InChI is InChI=1S/C12H17F3N4O2/c1-11(2,18(3)4)7-17-8-5-10(12(13,14)15)16-6-9(8)19(20)21/h5-6H,7H2,1-4H3,(H,16,17). The van der Waals surface area contributed by atoms with Crippen LogP contribution in [-0.2, 0) is 6.18 Å². The normalized spacial score (nSPS) is 12.6. The predicted octanol–water partition coefficient (Wildman–Crippen LogP) is 2.76. The number of alkyl halides is 3. The maximum Gasteiger partial charge on any atom is 0.433 e. The first-order valence-corrected chi connectivity index (χ1v) is 6.08. The topological polar surface area (TPSA) is 71.3 Å². The fourth-order valence-corrected chi connectivity index (χ4v) is 1.36. The van der Waals surface area contributed by atoms with Crippen LogP contribution in [0.3, 0.4) is 0 Å². The Morgan fingerprint density at radius 1 is 1.38 bits per heavy atom. The van der Waals surface area contributed by atoms with Gasteiger partial charge in [0, 0.05) is 12.1 Å². The van der Waals surface area contributed by atoms with Gasteiger partial charge in [-0.25, -0.2) is 4.98 Å². The number of anilines is 1. The molecule has 1 heterocycles. The maximum atomic E-state index is 12.6. The molecule has 1 N–H and O–H groups in total. The van der Waals surface area contributed by atoms with Gasteiger partial charge in [0.1, 0.15) is 17.6 Å². The number of nitro groups is 1. The second kappa shape index (κ2) is 5.84. The highest BCUT2D eigenvalue weighted by Crippen LogP contribution is 2.33. The Hall–Kier alpha value is -1.90.